The van der Waals surface area contributed by atoms with Gasteiger partial charge in [-0.1, -0.05) is 6.07 Å². The molecule has 1 saturated heterocycles. The zero-order valence-electron chi connectivity index (χ0n) is 12.9. The lowest BCUT2D eigenvalue weighted by Gasteiger charge is -2.45. The lowest BCUT2D eigenvalue weighted by molar-refractivity contribution is 0.0683. The Kier molecular flexibility index (Phi) is 3.72. The van der Waals surface area contributed by atoms with Crippen LogP contribution in [0.25, 0.3) is 0 Å². The van der Waals surface area contributed by atoms with Crippen LogP contribution in [0.15, 0.2) is 18.2 Å². The van der Waals surface area contributed by atoms with E-state index in [-0.39, 0.29) is 17.4 Å². The van der Waals surface area contributed by atoms with Gasteiger partial charge < -0.3 is 4.90 Å². The molecule has 1 spiro atoms. The molecule has 0 bridgehead atoms. The highest BCUT2D eigenvalue weighted by atomic mass is 32.2. The zero-order valence-corrected chi connectivity index (χ0v) is 13.7. The van der Waals surface area contributed by atoms with Crippen molar-refractivity contribution in [1.82, 2.24) is 14.6 Å². The summed E-state index contributed by atoms with van der Waals surface area (Å²) in [7, 11) is -3.15. The van der Waals surface area contributed by atoms with E-state index in [1.807, 2.05) is 24.0 Å². The molecule has 7 heteroatoms. The van der Waals surface area contributed by atoms with Gasteiger partial charge in [0.15, 0.2) is 0 Å². The van der Waals surface area contributed by atoms with Crippen LogP contribution in [-0.2, 0) is 10.0 Å². The van der Waals surface area contributed by atoms with Crippen LogP contribution in [0.1, 0.15) is 35.4 Å². The quantitative estimate of drug-likeness (QED) is 0.897. The molecule has 1 aromatic heterocycles. The number of hydrogen-bond acceptors (Lipinski definition) is 4. The average Bonchev–Trinajstić information content (AvgIpc) is 2.81. The van der Waals surface area contributed by atoms with E-state index in [2.05, 4.69) is 9.71 Å². The summed E-state index contributed by atoms with van der Waals surface area (Å²) in [6.45, 7) is 3.29. The zero-order chi connectivity index (χ0) is 16.0. The summed E-state index contributed by atoms with van der Waals surface area (Å²) in [5.74, 6) is -0.0277. The van der Waals surface area contributed by atoms with Crippen LogP contribution >= 0.6 is 0 Å². The first-order valence-electron chi connectivity index (χ1n) is 7.47. The number of sulfonamides is 1. The Hall–Kier alpha value is -1.47. The Morgan fingerprint density at radius 2 is 2.14 bits per heavy atom. The molecular formula is C15H21N3O3S. The minimum Gasteiger partial charge on any atom is -0.337 e. The summed E-state index contributed by atoms with van der Waals surface area (Å²) in [5, 5.41) is 0. The third-order valence-corrected chi connectivity index (χ3v) is 5.33. The summed E-state index contributed by atoms with van der Waals surface area (Å²) >= 11 is 0. The molecule has 1 aliphatic carbocycles. The van der Waals surface area contributed by atoms with Gasteiger partial charge in [-0.05, 0) is 43.7 Å². The van der Waals surface area contributed by atoms with Crippen molar-refractivity contribution in [3.63, 3.8) is 0 Å². The van der Waals surface area contributed by atoms with Crippen molar-refractivity contribution in [3.05, 3.63) is 29.6 Å². The molecule has 2 fully saturated rings. The Morgan fingerprint density at radius 1 is 1.41 bits per heavy atom. The summed E-state index contributed by atoms with van der Waals surface area (Å²) in [4.78, 5) is 18.6. The van der Waals surface area contributed by atoms with Gasteiger partial charge in [-0.25, -0.2) is 18.1 Å². The van der Waals surface area contributed by atoms with E-state index in [4.69, 9.17) is 0 Å². The molecule has 0 atom stereocenters. The highest BCUT2D eigenvalue weighted by Crippen LogP contribution is 2.48. The molecule has 2 heterocycles. The van der Waals surface area contributed by atoms with Crippen molar-refractivity contribution in [2.75, 3.05) is 19.3 Å². The number of aryl methyl sites for hydroxylation is 1. The number of hydrogen-bond donors (Lipinski definition) is 1. The molecule has 1 N–H and O–H groups in total. The first kappa shape index (κ1) is 15.4. The Bertz CT molecular complexity index is 696. The van der Waals surface area contributed by atoms with Crippen LogP contribution < -0.4 is 4.72 Å². The van der Waals surface area contributed by atoms with Crippen molar-refractivity contribution in [2.45, 2.75) is 32.2 Å². The lowest BCUT2D eigenvalue weighted by Crippen LogP contribution is -2.51. The second-order valence-electron chi connectivity index (χ2n) is 6.64. The highest BCUT2D eigenvalue weighted by Gasteiger charge is 2.50. The molecule has 1 saturated carbocycles. The van der Waals surface area contributed by atoms with Gasteiger partial charge in [0.1, 0.15) is 5.69 Å². The van der Waals surface area contributed by atoms with E-state index >= 15 is 0 Å². The Balaban J connectivity index is 1.61. The van der Waals surface area contributed by atoms with Crippen molar-refractivity contribution in [3.8, 4) is 0 Å². The molecule has 0 unspecified atom stereocenters. The molecule has 22 heavy (non-hydrogen) atoms. The molecule has 1 aromatic rings. The minimum absolute atomic E-state index is 0.0159. The van der Waals surface area contributed by atoms with E-state index in [1.165, 1.54) is 6.26 Å². The number of rotatable bonds is 3. The fourth-order valence-electron chi connectivity index (χ4n) is 3.64. The summed E-state index contributed by atoms with van der Waals surface area (Å²) in [5.41, 5.74) is 1.41. The molecule has 2 aliphatic rings. The summed E-state index contributed by atoms with van der Waals surface area (Å²) < 4.78 is 25.1. The predicted octanol–water partition coefficient (Wildman–Crippen LogP) is 0.934. The molecule has 120 valence electrons. The van der Waals surface area contributed by atoms with Crippen molar-refractivity contribution >= 4 is 15.9 Å². The van der Waals surface area contributed by atoms with Gasteiger partial charge in [-0.2, -0.15) is 0 Å². The van der Waals surface area contributed by atoms with Crippen molar-refractivity contribution in [1.29, 1.82) is 0 Å². The number of amides is 1. The van der Waals surface area contributed by atoms with Crippen LogP contribution in [0.4, 0.5) is 0 Å². The summed E-state index contributed by atoms with van der Waals surface area (Å²) in [6.07, 6.45) is 3.74. The maximum atomic E-state index is 12.5. The fraction of sp³-hybridized carbons (Fsp3) is 0.600. The largest absolute Gasteiger partial charge is 0.337 e. The van der Waals surface area contributed by atoms with E-state index in [9.17, 15) is 13.2 Å². The first-order chi connectivity index (χ1) is 10.3. The van der Waals surface area contributed by atoms with E-state index in [1.54, 1.807) is 6.07 Å². The smallest absolute Gasteiger partial charge is 0.272 e. The summed E-state index contributed by atoms with van der Waals surface area (Å²) in [6, 6.07) is 5.48. The standard InChI is InChI=1S/C15H21N3O3S/c1-11-4-3-5-13(16-11)14(19)18-7-6-15(10-18)8-12(9-15)17-22(2,20)21/h3-5,12,17H,6-10H2,1-2H3. The normalized spacial score (nSPS) is 27.9. The third kappa shape index (κ3) is 3.15. The van der Waals surface area contributed by atoms with Gasteiger partial charge in [0, 0.05) is 24.8 Å². The third-order valence-electron chi connectivity index (χ3n) is 4.57. The van der Waals surface area contributed by atoms with Gasteiger partial charge in [0.25, 0.3) is 5.91 Å². The van der Waals surface area contributed by atoms with Crippen LogP contribution in [0.3, 0.4) is 0 Å². The lowest BCUT2D eigenvalue weighted by atomic mass is 9.65. The van der Waals surface area contributed by atoms with Gasteiger partial charge >= 0.3 is 0 Å². The first-order valence-corrected chi connectivity index (χ1v) is 9.36. The molecule has 0 radical (unpaired) electrons. The minimum atomic E-state index is -3.15. The van der Waals surface area contributed by atoms with Crippen LogP contribution in [0.5, 0.6) is 0 Å². The van der Waals surface area contributed by atoms with Crippen LogP contribution in [-0.4, -0.2) is 49.6 Å². The maximum Gasteiger partial charge on any atom is 0.272 e. The average molecular weight is 323 g/mol. The van der Waals surface area contributed by atoms with Crippen LogP contribution in [0.2, 0.25) is 0 Å². The Labute approximate surface area is 131 Å². The number of likely N-dealkylation sites (tertiary alicyclic amines) is 1. The van der Waals surface area contributed by atoms with Gasteiger partial charge in [0.2, 0.25) is 10.0 Å². The monoisotopic (exact) mass is 323 g/mol. The Morgan fingerprint density at radius 3 is 2.77 bits per heavy atom. The highest BCUT2D eigenvalue weighted by molar-refractivity contribution is 7.88. The van der Waals surface area contributed by atoms with Gasteiger partial charge in [0.05, 0.1) is 6.26 Å². The van der Waals surface area contributed by atoms with Crippen molar-refractivity contribution in [2.24, 2.45) is 5.41 Å². The van der Waals surface area contributed by atoms with Gasteiger partial charge in [-0.3, -0.25) is 4.79 Å². The molecule has 0 aromatic carbocycles. The fourth-order valence-corrected chi connectivity index (χ4v) is 4.41. The van der Waals surface area contributed by atoms with Crippen LogP contribution in [0, 0.1) is 12.3 Å². The van der Waals surface area contributed by atoms with Crippen molar-refractivity contribution < 1.29 is 13.2 Å². The van der Waals surface area contributed by atoms with E-state index in [0.717, 1.165) is 31.5 Å². The molecule has 1 amide bonds. The topological polar surface area (TPSA) is 79.4 Å². The van der Waals surface area contributed by atoms with E-state index in [0.29, 0.717) is 12.2 Å². The second-order valence-corrected chi connectivity index (χ2v) is 8.42. The molecule has 6 nitrogen and oxygen atoms in total. The number of carbonyl (C=O) groups is 1. The number of pyridine rings is 1. The number of nitrogens with one attached hydrogen (secondary N) is 1. The molecule has 1 aliphatic heterocycles. The number of carbonyl (C=O) groups excluding carboxylic acids is 1. The number of nitrogens with zero attached hydrogens (tertiary/aromatic N) is 2. The second kappa shape index (κ2) is 5.31. The SMILES string of the molecule is Cc1cccc(C(=O)N2CCC3(CC(NS(C)(=O)=O)C3)C2)n1. The van der Waals surface area contributed by atoms with Gasteiger partial charge in [-0.15, -0.1) is 0 Å². The molecular weight excluding hydrogens is 302 g/mol. The number of aromatic nitrogens is 1. The van der Waals surface area contributed by atoms with E-state index < -0.39 is 10.0 Å². The maximum absolute atomic E-state index is 12.5. The predicted molar refractivity (Wildman–Crippen MR) is 82.9 cm³/mol. The molecule has 3 rings (SSSR count).